The fourth-order valence-electron chi connectivity index (χ4n) is 5.02. The average molecular weight is 749 g/mol. The van der Waals surface area contributed by atoms with Crippen molar-refractivity contribution in [3.05, 3.63) is 136 Å². The maximum atomic E-state index is 12.4. The first kappa shape index (κ1) is 46.1. The van der Waals surface area contributed by atoms with Gasteiger partial charge in [-0.1, -0.05) is 110 Å². The van der Waals surface area contributed by atoms with E-state index in [0.29, 0.717) is 42.2 Å². The van der Waals surface area contributed by atoms with Gasteiger partial charge in [-0.3, -0.25) is 4.79 Å². The average Bonchev–Trinajstić information content (AvgIpc) is 3.14. The van der Waals surface area contributed by atoms with E-state index in [1.165, 1.54) is 36.9 Å². The van der Waals surface area contributed by atoms with Crippen LogP contribution >= 0.6 is 11.6 Å². The predicted octanol–water partition coefficient (Wildman–Crippen LogP) is 9.90. The molecular formula is C41H52ClF3O7. The zero-order valence-corrected chi connectivity index (χ0v) is 31.7. The molecule has 0 spiro atoms. The number of alkyl halides is 3. The minimum atomic E-state index is -4.76. The number of carbonyl (C=O) groups is 1. The monoisotopic (exact) mass is 748 g/mol. The Labute approximate surface area is 311 Å². The van der Waals surface area contributed by atoms with Gasteiger partial charge in [0.1, 0.15) is 5.75 Å². The Morgan fingerprint density at radius 2 is 1.33 bits per heavy atom. The molecule has 0 aromatic heterocycles. The van der Waals surface area contributed by atoms with Crippen LogP contribution < -0.4 is 4.74 Å². The van der Waals surface area contributed by atoms with Crippen LogP contribution in [0.2, 0.25) is 5.02 Å². The second-order valence-electron chi connectivity index (χ2n) is 11.9. The SMILES string of the molecule is CC.CO.COC(=O)C(C)(C)CC(C[C@@H](O)c1ccc(Cl)c(Cc2ccc(OC(F)(F)F)cc2)c1)OCc1ccccc1.COCc1ccccc1. The molecule has 0 fully saturated rings. The van der Waals surface area contributed by atoms with Gasteiger partial charge in [0.15, 0.2) is 0 Å². The largest absolute Gasteiger partial charge is 0.573 e. The maximum absolute atomic E-state index is 12.4. The molecule has 0 heterocycles. The van der Waals surface area contributed by atoms with Gasteiger partial charge in [-0.2, -0.15) is 0 Å². The van der Waals surface area contributed by atoms with Crippen molar-refractivity contribution < 1.29 is 47.1 Å². The molecule has 11 heteroatoms. The summed E-state index contributed by atoms with van der Waals surface area (Å²) in [6.45, 7) is 8.57. The summed E-state index contributed by atoms with van der Waals surface area (Å²) in [6.07, 6.45) is -5.25. The Kier molecular flexibility index (Phi) is 21.6. The molecule has 0 aliphatic carbocycles. The summed E-state index contributed by atoms with van der Waals surface area (Å²) < 4.78 is 57.3. The zero-order valence-electron chi connectivity index (χ0n) is 31.0. The molecule has 52 heavy (non-hydrogen) atoms. The molecule has 7 nitrogen and oxygen atoms in total. The molecule has 4 aromatic rings. The Morgan fingerprint density at radius 1 is 0.788 bits per heavy atom. The minimum Gasteiger partial charge on any atom is -0.469 e. The summed E-state index contributed by atoms with van der Waals surface area (Å²) in [6, 6.07) is 30.4. The summed E-state index contributed by atoms with van der Waals surface area (Å²) in [5, 5.41) is 18.6. The van der Waals surface area contributed by atoms with Gasteiger partial charge in [-0.05, 0) is 72.7 Å². The van der Waals surface area contributed by atoms with Crippen molar-refractivity contribution in [3.8, 4) is 5.75 Å². The number of methoxy groups -OCH3 is 2. The smallest absolute Gasteiger partial charge is 0.469 e. The van der Waals surface area contributed by atoms with Gasteiger partial charge >= 0.3 is 12.3 Å². The first-order valence-corrected chi connectivity index (χ1v) is 17.2. The third kappa shape index (κ3) is 17.5. The summed E-state index contributed by atoms with van der Waals surface area (Å²) in [7, 11) is 4.04. The number of aliphatic hydroxyl groups excluding tert-OH is 2. The second kappa shape index (κ2) is 24.3. The van der Waals surface area contributed by atoms with E-state index in [9.17, 15) is 23.1 Å². The standard InChI is InChI=1S/C30H32ClF3O5.C8H10O.C2H6.CH4O/c1-29(2,28(36)37-3)18-25(38-19-21-7-5-4-6-8-21)17-27(35)22-11-14-26(31)23(16-22)15-20-9-12-24(13-10-20)39-30(32,33)34;1-9-7-8-5-3-2-4-6-8;2*1-2/h4-14,16,25,27,35H,15,17-19H2,1-3H3;2-6H,7H2,1H3;1-2H3;2H,1H3/t25?,27-;;;/m1.../s1. The highest BCUT2D eigenvalue weighted by Crippen LogP contribution is 2.32. The molecule has 286 valence electrons. The van der Waals surface area contributed by atoms with Crippen LogP contribution in [0.4, 0.5) is 13.2 Å². The van der Waals surface area contributed by atoms with E-state index in [1.807, 2.05) is 74.5 Å². The summed E-state index contributed by atoms with van der Waals surface area (Å²) in [5.74, 6) is -0.677. The van der Waals surface area contributed by atoms with Crippen LogP contribution in [0.25, 0.3) is 0 Å². The van der Waals surface area contributed by atoms with Crippen molar-refractivity contribution in [2.45, 2.75) is 78.7 Å². The van der Waals surface area contributed by atoms with Crippen LogP contribution in [0.3, 0.4) is 0 Å². The number of aliphatic hydroxyl groups is 2. The molecular weight excluding hydrogens is 697 g/mol. The van der Waals surface area contributed by atoms with Gasteiger partial charge in [0.2, 0.25) is 0 Å². The highest BCUT2D eigenvalue weighted by molar-refractivity contribution is 6.31. The number of carbonyl (C=O) groups excluding carboxylic acids is 1. The van der Waals surface area contributed by atoms with Crippen molar-refractivity contribution in [3.63, 3.8) is 0 Å². The minimum absolute atomic E-state index is 0.220. The third-order valence-corrected chi connectivity index (χ3v) is 7.82. The first-order valence-electron chi connectivity index (χ1n) is 16.8. The number of hydrogen-bond donors (Lipinski definition) is 2. The lowest BCUT2D eigenvalue weighted by Crippen LogP contribution is -2.32. The molecule has 0 aliphatic heterocycles. The second-order valence-corrected chi connectivity index (χ2v) is 12.3. The zero-order chi connectivity index (χ0) is 39.2. The number of esters is 1. The van der Waals surface area contributed by atoms with Gasteiger partial charge in [0.25, 0.3) is 0 Å². The molecule has 0 amide bonds. The molecule has 2 N–H and O–H groups in total. The first-order chi connectivity index (χ1) is 24.8. The van der Waals surface area contributed by atoms with Gasteiger partial charge in [0.05, 0.1) is 37.9 Å². The lowest BCUT2D eigenvalue weighted by Gasteiger charge is -2.29. The number of hydrogen-bond acceptors (Lipinski definition) is 7. The van der Waals surface area contributed by atoms with Crippen molar-refractivity contribution in [1.82, 2.24) is 0 Å². The fraction of sp³-hybridized carbons (Fsp3) is 0.390. The number of halogens is 4. The van der Waals surface area contributed by atoms with Crippen LogP contribution in [0.15, 0.2) is 103 Å². The Morgan fingerprint density at radius 3 is 1.83 bits per heavy atom. The van der Waals surface area contributed by atoms with Crippen LogP contribution in [-0.4, -0.2) is 50.0 Å². The van der Waals surface area contributed by atoms with Crippen molar-refractivity contribution in [2.75, 3.05) is 21.3 Å². The van der Waals surface area contributed by atoms with E-state index in [0.717, 1.165) is 18.2 Å². The van der Waals surface area contributed by atoms with E-state index in [1.54, 1.807) is 39.2 Å². The topological polar surface area (TPSA) is 94.5 Å². The third-order valence-electron chi connectivity index (χ3n) is 7.45. The van der Waals surface area contributed by atoms with Crippen LogP contribution in [0.5, 0.6) is 5.75 Å². The number of rotatable bonds is 14. The summed E-state index contributed by atoms with van der Waals surface area (Å²) in [5.41, 5.74) is 3.39. The Bertz CT molecular complexity index is 1530. The van der Waals surface area contributed by atoms with Crippen molar-refractivity contribution >= 4 is 17.6 Å². The van der Waals surface area contributed by atoms with Gasteiger partial charge < -0.3 is 29.2 Å². The van der Waals surface area contributed by atoms with Gasteiger partial charge in [-0.25, -0.2) is 0 Å². The van der Waals surface area contributed by atoms with Crippen molar-refractivity contribution in [2.24, 2.45) is 5.41 Å². The molecule has 0 bridgehead atoms. The van der Waals surface area contributed by atoms with Gasteiger partial charge in [0, 0.05) is 25.7 Å². The number of benzene rings is 4. The summed E-state index contributed by atoms with van der Waals surface area (Å²) in [4.78, 5) is 12.3. The highest BCUT2D eigenvalue weighted by atomic mass is 35.5. The number of ether oxygens (including phenoxy) is 4. The van der Waals surface area contributed by atoms with Crippen LogP contribution in [-0.2, 0) is 38.6 Å². The lowest BCUT2D eigenvalue weighted by atomic mass is 9.84. The van der Waals surface area contributed by atoms with E-state index in [4.69, 9.17) is 30.9 Å². The lowest BCUT2D eigenvalue weighted by molar-refractivity contribution is -0.274. The van der Waals surface area contributed by atoms with E-state index >= 15 is 0 Å². The van der Waals surface area contributed by atoms with E-state index < -0.39 is 24.0 Å². The van der Waals surface area contributed by atoms with Crippen LogP contribution in [0, 0.1) is 5.41 Å². The molecule has 0 saturated heterocycles. The molecule has 0 saturated carbocycles. The maximum Gasteiger partial charge on any atom is 0.573 e. The fourth-order valence-corrected chi connectivity index (χ4v) is 5.20. The molecule has 2 atom stereocenters. The van der Waals surface area contributed by atoms with Crippen LogP contribution in [0.1, 0.15) is 74.5 Å². The summed E-state index contributed by atoms with van der Waals surface area (Å²) >= 11 is 6.40. The molecule has 0 radical (unpaired) electrons. The van der Waals surface area contributed by atoms with Crippen molar-refractivity contribution in [1.29, 1.82) is 0 Å². The Hall–Kier alpha value is -3.93. The predicted molar refractivity (Wildman–Crippen MR) is 199 cm³/mol. The Balaban J connectivity index is 0.000000885. The quantitative estimate of drug-likeness (QED) is 0.124. The van der Waals surface area contributed by atoms with E-state index in [-0.39, 0.29) is 18.1 Å². The highest BCUT2D eigenvalue weighted by Gasteiger charge is 2.34. The molecule has 1 unspecified atom stereocenters. The molecule has 4 aromatic carbocycles. The van der Waals surface area contributed by atoms with E-state index in [2.05, 4.69) is 4.74 Å². The molecule has 0 aliphatic rings. The molecule has 4 rings (SSSR count). The van der Waals surface area contributed by atoms with Gasteiger partial charge in [-0.15, -0.1) is 13.2 Å². The normalized spacial score (nSPS) is 12.0.